The van der Waals surface area contributed by atoms with Gasteiger partial charge in [0.15, 0.2) is 11.6 Å². The van der Waals surface area contributed by atoms with Crippen molar-refractivity contribution in [3.05, 3.63) is 17.7 Å². The van der Waals surface area contributed by atoms with Crippen LogP contribution in [0.5, 0.6) is 0 Å². The Morgan fingerprint density at radius 1 is 1.69 bits per heavy atom. The van der Waals surface area contributed by atoms with Gasteiger partial charge in [0.05, 0.1) is 12.3 Å². The van der Waals surface area contributed by atoms with Crippen LogP contribution in [-0.4, -0.2) is 48.3 Å². The molecule has 1 atom stereocenters. The van der Waals surface area contributed by atoms with E-state index in [4.69, 9.17) is 5.11 Å². The number of rotatable bonds is 4. The minimum absolute atomic E-state index is 0.0396. The summed E-state index contributed by atoms with van der Waals surface area (Å²) in [6, 6.07) is 0. The highest BCUT2D eigenvalue weighted by Gasteiger charge is 2.19. The van der Waals surface area contributed by atoms with Crippen LogP contribution in [0.3, 0.4) is 0 Å². The van der Waals surface area contributed by atoms with Crippen LogP contribution >= 0.6 is 0 Å². The molecule has 90 valence electrons. The topological polar surface area (TPSA) is 75.4 Å². The molecular weight excluding hydrogens is 230 g/mol. The molecule has 1 aromatic heterocycles. The average Bonchev–Trinajstić information content (AvgIpc) is 2.61. The van der Waals surface area contributed by atoms with Gasteiger partial charge in [-0.05, 0) is 5.87 Å². The fraction of sp³-hybridized carbons (Fsp3) is 0.444. The molecule has 0 aliphatic rings. The predicted molar refractivity (Wildman–Crippen MR) is 62.5 cm³/mol. The van der Waals surface area contributed by atoms with E-state index in [2.05, 4.69) is 10.9 Å². The summed E-state index contributed by atoms with van der Waals surface area (Å²) in [5, 5.41) is 8.95. The molecule has 16 heavy (non-hydrogen) atoms. The van der Waals surface area contributed by atoms with Gasteiger partial charge in [-0.25, -0.2) is 17.5 Å². The zero-order valence-corrected chi connectivity index (χ0v) is 10.3. The second kappa shape index (κ2) is 4.36. The van der Waals surface area contributed by atoms with Gasteiger partial charge in [0.25, 0.3) is 0 Å². The first kappa shape index (κ1) is 12.9. The summed E-state index contributed by atoms with van der Waals surface area (Å²) in [4.78, 5) is 15.2. The van der Waals surface area contributed by atoms with Crippen molar-refractivity contribution in [3.63, 3.8) is 0 Å². The number of carbonyl (C=O) groups excluding carboxylic acids is 1. The maximum absolute atomic E-state index is 12.2. The Morgan fingerprint density at radius 2 is 2.25 bits per heavy atom. The van der Waals surface area contributed by atoms with Gasteiger partial charge in [0.2, 0.25) is 0 Å². The molecular formula is C9H15N3O3S. The van der Waals surface area contributed by atoms with E-state index in [1.54, 1.807) is 14.1 Å². The van der Waals surface area contributed by atoms with Gasteiger partial charge in [-0.3, -0.25) is 4.79 Å². The summed E-state index contributed by atoms with van der Waals surface area (Å²) >= 11 is 0. The van der Waals surface area contributed by atoms with Gasteiger partial charge >= 0.3 is 0 Å². The second-order valence-electron chi connectivity index (χ2n) is 3.52. The number of imidazole rings is 1. The molecule has 1 rings (SSSR count). The lowest BCUT2D eigenvalue weighted by Gasteiger charge is -2.18. The van der Waals surface area contributed by atoms with E-state index in [1.165, 1.54) is 21.4 Å². The van der Waals surface area contributed by atoms with E-state index in [1.807, 2.05) is 0 Å². The highest BCUT2D eigenvalue weighted by molar-refractivity contribution is 7.96. The summed E-state index contributed by atoms with van der Waals surface area (Å²) in [7, 11) is 0.404. The standard InChI is InChI=1S/C9H15N3O3S/c1-7(14)9-10-8(6-13)5-12(9)16(4,15)11(2)3/h5,13H,4,6H2,1-3H3. The molecule has 0 amide bonds. The van der Waals surface area contributed by atoms with Crippen molar-refractivity contribution >= 4 is 21.5 Å². The molecule has 0 aromatic carbocycles. The fourth-order valence-electron chi connectivity index (χ4n) is 1.11. The van der Waals surface area contributed by atoms with Crippen LogP contribution in [-0.2, 0) is 16.5 Å². The van der Waals surface area contributed by atoms with Crippen molar-refractivity contribution in [3.8, 4) is 0 Å². The molecule has 0 bridgehead atoms. The predicted octanol–water partition coefficient (Wildman–Crippen LogP) is -0.466. The Hall–Kier alpha value is -1.18. The molecule has 0 spiro atoms. The van der Waals surface area contributed by atoms with E-state index in [0.29, 0.717) is 5.69 Å². The summed E-state index contributed by atoms with van der Waals surface area (Å²) in [6.45, 7) is 1.02. The SMILES string of the molecule is C=S(=O)(N(C)C)n1cc(CO)nc1C(C)=O. The molecule has 1 N–H and O–H groups in total. The number of ketones is 1. The molecule has 1 unspecified atom stereocenters. The summed E-state index contributed by atoms with van der Waals surface area (Å²) in [6.07, 6.45) is 1.38. The third-order valence-electron chi connectivity index (χ3n) is 2.08. The number of hydrogen-bond acceptors (Lipinski definition) is 4. The number of nitrogens with zero attached hydrogens (tertiary/aromatic N) is 3. The number of aliphatic hydroxyl groups is 1. The molecule has 0 saturated carbocycles. The van der Waals surface area contributed by atoms with Gasteiger partial charge in [-0.15, -0.1) is 0 Å². The smallest absolute Gasteiger partial charge is 0.196 e. The van der Waals surface area contributed by atoms with Crippen molar-refractivity contribution in [2.24, 2.45) is 0 Å². The third kappa shape index (κ3) is 2.16. The minimum Gasteiger partial charge on any atom is -0.390 e. The lowest BCUT2D eigenvalue weighted by Crippen LogP contribution is -2.30. The Balaban J connectivity index is 3.44. The van der Waals surface area contributed by atoms with Crippen LogP contribution in [0, 0.1) is 0 Å². The first-order valence-electron chi connectivity index (χ1n) is 4.56. The number of aliphatic hydroxyl groups excluding tert-OH is 1. The van der Waals surface area contributed by atoms with Crippen molar-refractivity contribution in [2.75, 3.05) is 14.1 Å². The molecule has 1 aromatic rings. The van der Waals surface area contributed by atoms with Gasteiger partial charge in [0.1, 0.15) is 9.89 Å². The van der Waals surface area contributed by atoms with Gasteiger partial charge in [-0.2, -0.15) is 0 Å². The number of aromatic nitrogens is 2. The van der Waals surface area contributed by atoms with Crippen LogP contribution < -0.4 is 0 Å². The fourth-order valence-corrected chi connectivity index (χ4v) is 2.19. The monoisotopic (exact) mass is 245 g/mol. The summed E-state index contributed by atoms with van der Waals surface area (Å²) < 4.78 is 14.9. The Bertz CT molecular complexity index is 502. The summed E-state index contributed by atoms with van der Waals surface area (Å²) in [5.41, 5.74) is 0.295. The van der Waals surface area contributed by atoms with E-state index in [0.717, 1.165) is 0 Å². The molecule has 0 aliphatic carbocycles. The van der Waals surface area contributed by atoms with E-state index >= 15 is 0 Å². The van der Waals surface area contributed by atoms with Crippen LogP contribution in [0.15, 0.2) is 6.20 Å². The third-order valence-corrected chi connectivity index (χ3v) is 4.11. The van der Waals surface area contributed by atoms with Crippen molar-refractivity contribution in [1.82, 2.24) is 13.3 Å². The first-order valence-corrected chi connectivity index (χ1v) is 6.20. The normalized spacial score (nSPS) is 15.1. The molecule has 7 heteroatoms. The quantitative estimate of drug-likeness (QED) is 0.575. The van der Waals surface area contributed by atoms with Crippen LogP contribution in [0.25, 0.3) is 0 Å². The lowest BCUT2D eigenvalue weighted by molar-refractivity contribution is 0.100. The molecule has 0 aliphatic heterocycles. The van der Waals surface area contributed by atoms with Crippen LogP contribution in [0.1, 0.15) is 23.2 Å². The molecule has 0 radical (unpaired) electrons. The molecule has 1 heterocycles. The van der Waals surface area contributed by atoms with Crippen LogP contribution in [0.2, 0.25) is 0 Å². The van der Waals surface area contributed by atoms with E-state index in [9.17, 15) is 9.00 Å². The maximum atomic E-state index is 12.2. The number of hydrogen-bond donors (Lipinski definition) is 1. The van der Waals surface area contributed by atoms with Gasteiger partial charge in [0, 0.05) is 27.2 Å². The molecule has 0 fully saturated rings. The largest absolute Gasteiger partial charge is 0.390 e. The lowest BCUT2D eigenvalue weighted by atomic mass is 10.4. The van der Waals surface area contributed by atoms with Crippen molar-refractivity contribution < 1.29 is 14.1 Å². The van der Waals surface area contributed by atoms with Crippen molar-refractivity contribution in [2.45, 2.75) is 13.5 Å². The minimum atomic E-state index is -2.79. The Kier molecular flexibility index (Phi) is 3.51. The Labute approximate surface area is 94.8 Å². The van der Waals surface area contributed by atoms with Crippen LogP contribution in [0.4, 0.5) is 0 Å². The average molecular weight is 245 g/mol. The number of carbonyl (C=O) groups is 1. The first-order chi connectivity index (χ1) is 7.30. The second-order valence-corrected chi connectivity index (χ2v) is 5.85. The van der Waals surface area contributed by atoms with Crippen molar-refractivity contribution in [1.29, 1.82) is 0 Å². The maximum Gasteiger partial charge on any atom is 0.196 e. The highest BCUT2D eigenvalue weighted by Crippen LogP contribution is 2.10. The zero-order chi connectivity index (χ0) is 12.5. The van der Waals surface area contributed by atoms with Gasteiger partial charge < -0.3 is 5.11 Å². The van der Waals surface area contributed by atoms with E-state index in [-0.39, 0.29) is 18.2 Å². The zero-order valence-electron chi connectivity index (χ0n) is 9.51. The molecule has 6 nitrogen and oxygen atoms in total. The number of Topliss-reactive ketones (excluding diaryl/α,β-unsaturated/α-hetero) is 1. The molecule has 0 saturated heterocycles. The Morgan fingerprint density at radius 3 is 2.62 bits per heavy atom. The van der Waals surface area contributed by atoms with Gasteiger partial charge in [-0.1, -0.05) is 0 Å². The highest BCUT2D eigenvalue weighted by atomic mass is 32.2. The summed E-state index contributed by atoms with van der Waals surface area (Å²) in [5.74, 6) is 3.29. The van der Waals surface area contributed by atoms with E-state index < -0.39 is 9.89 Å².